The fraction of sp³-hybridized carbons (Fsp3) is 0.200. The van der Waals surface area contributed by atoms with Crippen LogP contribution in [0.15, 0.2) is 24.4 Å². The second-order valence-corrected chi connectivity index (χ2v) is 6.51. The van der Waals surface area contributed by atoms with Gasteiger partial charge in [0, 0.05) is 0 Å². The third kappa shape index (κ3) is 2.05. The summed E-state index contributed by atoms with van der Waals surface area (Å²) >= 11 is 0. The van der Waals surface area contributed by atoms with Gasteiger partial charge in [0.2, 0.25) is 11.2 Å². The van der Waals surface area contributed by atoms with Gasteiger partial charge < -0.3 is 14.9 Å². The van der Waals surface area contributed by atoms with Crippen LogP contribution in [0.3, 0.4) is 0 Å². The zero-order valence-corrected chi connectivity index (χ0v) is 11.6. The van der Waals surface area contributed by atoms with E-state index < -0.39 is 12.9 Å². The van der Waals surface area contributed by atoms with Gasteiger partial charge in [0.05, 0.1) is 11.9 Å². The van der Waals surface area contributed by atoms with Crippen LogP contribution in [0.25, 0.3) is 17.2 Å². The Balaban J connectivity index is 2.35. The molecule has 0 aliphatic carbocycles. The van der Waals surface area contributed by atoms with E-state index in [-0.39, 0.29) is 11.5 Å². The summed E-state index contributed by atoms with van der Waals surface area (Å²) in [7, 11) is -4.82. The van der Waals surface area contributed by atoms with E-state index in [2.05, 4.69) is 25.6 Å². The van der Waals surface area contributed by atoms with Gasteiger partial charge in [-0.2, -0.15) is 5.21 Å². The molecule has 3 rings (SSSR count). The molecule has 0 saturated heterocycles. The van der Waals surface area contributed by atoms with E-state index in [1.54, 1.807) is 12.1 Å². The Morgan fingerprint density at radius 3 is 2.76 bits per heavy atom. The van der Waals surface area contributed by atoms with Crippen LogP contribution in [0.2, 0.25) is 0 Å². The van der Waals surface area contributed by atoms with Crippen molar-refractivity contribution in [1.29, 1.82) is 0 Å². The number of aromatic nitrogens is 6. The summed E-state index contributed by atoms with van der Waals surface area (Å²) in [6, 6.07) is 4.57. The van der Waals surface area contributed by atoms with E-state index in [1.807, 2.05) is 0 Å². The Bertz CT molecular complexity index is 836. The van der Waals surface area contributed by atoms with Crippen LogP contribution in [-0.4, -0.2) is 44.9 Å². The molecule has 1 atom stereocenters. The highest BCUT2D eigenvalue weighted by molar-refractivity contribution is 7.52. The normalized spacial score (nSPS) is 15.2. The molecule has 1 unspecified atom stereocenters. The number of pyridine rings is 1. The van der Waals surface area contributed by atoms with Gasteiger partial charge in [-0.05, 0) is 24.3 Å². The molecule has 0 radical (unpaired) electrons. The highest BCUT2D eigenvalue weighted by atomic mass is 31.2. The van der Waals surface area contributed by atoms with Gasteiger partial charge in [-0.1, -0.05) is 6.07 Å². The van der Waals surface area contributed by atoms with Crippen molar-refractivity contribution in [3.8, 4) is 11.5 Å². The summed E-state index contributed by atoms with van der Waals surface area (Å²) in [5.41, 5.74) is 0.717. The molecule has 0 fully saturated rings. The molecule has 3 heterocycles. The molecule has 0 bridgehead atoms. The highest BCUT2D eigenvalue weighted by Gasteiger charge is 2.44. The lowest BCUT2D eigenvalue weighted by Gasteiger charge is -2.25. The van der Waals surface area contributed by atoms with Crippen molar-refractivity contribution in [2.45, 2.75) is 12.3 Å². The minimum absolute atomic E-state index is 0.0226. The monoisotopic (exact) mass is 310 g/mol. The van der Waals surface area contributed by atoms with E-state index in [1.165, 1.54) is 16.7 Å². The van der Waals surface area contributed by atoms with Crippen LogP contribution in [0.5, 0.6) is 0 Å². The molecule has 0 aliphatic heterocycles. The third-order valence-corrected chi connectivity index (χ3v) is 4.52. The molecule has 0 amide bonds. The quantitative estimate of drug-likeness (QED) is 0.488. The first-order valence-electron chi connectivity index (χ1n) is 5.81. The lowest BCUT2D eigenvalue weighted by atomic mass is 10.2. The zero-order valence-electron chi connectivity index (χ0n) is 10.7. The van der Waals surface area contributed by atoms with Crippen molar-refractivity contribution < 1.29 is 19.5 Å². The topological polar surface area (TPSA) is 150 Å². The van der Waals surface area contributed by atoms with Crippen LogP contribution in [0.4, 0.5) is 0 Å². The predicted octanol–water partition coefficient (Wildman–Crippen LogP) is -0.143. The fourth-order valence-electron chi connectivity index (χ4n) is 1.98. The van der Waals surface area contributed by atoms with Gasteiger partial charge in [-0.15, -0.1) is 10.2 Å². The van der Waals surface area contributed by atoms with Crippen molar-refractivity contribution in [3.05, 3.63) is 30.1 Å². The molecule has 3 aromatic heterocycles. The average Bonchev–Trinajstić information content (AvgIpc) is 3.05. The molecule has 3 aromatic rings. The van der Waals surface area contributed by atoms with Crippen LogP contribution in [-0.2, 0) is 9.91 Å². The largest absolute Gasteiger partial charge is 0.372 e. The summed E-state index contributed by atoms with van der Waals surface area (Å²) in [6.45, 7) is 1.04. The standard InChI is InChI=1S/C10H11N6O4P/c1-10(17,21(18,19)20)7-3-2-4-8-11-5-6(16(7)8)9-12-14-15-13-9/h2-5,17H,1H3,(H2,18,19,20)(H,12,13,14,15). The van der Waals surface area contributed by atoms with Crippen molar-refractivity contribution >= 4 is 13.2 Å². The number of fused-ring (bicyclic) bond motifs is 1. The number of rotatable bonds is 3. The second-order valence-electron chi connectivity index (χ2n) is 4.55. The first-order chi connectivity index (χ1) is 9.82. The van der Waals surface area contributed by atoms with Crippen molar-refractivity contribution in [2.24, 2.45) is 0 Å². The molecule has 11 heteroatoms. The smallest absolute Gasteiger partial charge is 0.362 e. The number of imidazole rings is 1. The fourth-order valence-corrected chi connectivity index (χ4v) is 2.46. The lowest BCUT2D eigenvalue weighted by molar-refractivity contribution is 0.103. The molecule has 0 spiro atoms. The van der Waals surface area contributed by atoms with Crippen LogP contribution < -0.4 is 0 Å². The molecule has 10 nitrogen and oxygen atoms in total. The summed E-state index contributed by atoms with van der Waals surface area (Å²) in [5, 5.41) is 21.2. The van der Waals surface area contributed by atoms with E-state index in [4.69, 9.17) is 0 Å². The Morgan fingerprint density at radius 2 is 2.14 bits per heavy atom. The molecular weight excluding hydrogens is 299 g/mol. The Labute approximate surface area is 117 Å². The van der Waals surface area contributed by atoms with Gasteiger partial charge in [-0.3, -0.25) is 8.97 Å². The Kier molecular flexibility index (Phi) is 2.92. The van der Waals surface area contributed by atoms with Gasteiger partial charge in [0.25, 0.3) is 0 Å². The van der Waals surface area contributed by atoms with E-state index >= 15 is 0 Å². The highest BCUT2D eigenvalue weighted by Crippen LogP contribution is 2.54. The number of aliphatic hydroxyl groups is 1. The summed E-state index contributed by atoms with van der Waals surface area (Å²) < 4.78 is 13.0. The number of H-pyrrole nitrogens is 1. The summed E-state index contributed by atoms with van der Waals surface area (Å²) in [6.07, 6.45) is 1.43. The predicted molar refractivity (Wildman–Crippen MR) is 70.0 cm³/mol. The van der Waals surface area contributed by atoms with Gasteiger partial charge in [-0.25, -0.2) is 4.98 Å². The molecule has 0 aliphatic rings. The van der Waals surface area contributed by atoms with E-state index in [0.29, 0.717) is 11.3 Å². The van der Waals surface area contributed by atoms with Gasteiger partial charge >= 0.3 is 7.60 Å². The van der Waals surface area contributed by atoms with Crippen LogP contribution >= 0.6 is 7.60 Å². The minimum Gasteiger partial charge on any atom is -0.372 e. The first-order valence-corrected chi connectivity index (χ1v) is 7.42. The Morgan fingerprint density at radius 1 is 1.38 bits per heavy atom. The minimum atomic E-state index is -4.82. The number of aromatic amines is 1. The second kappa shape index (κ2) is 4.43. The van der Waals surface area contributed by atoms with E-state index in [0.717, 1.165) is 6.92 Å². The molecule has 21 heavy (non-hydrogen) atoms. The maximum atomic E-state index is 11.6. The number of nitrogens with zero attached hydrogens (tertiary/aromatic N) is 5. The molecule has 0 saturated carbocycles. The van der Waals surface area contributed by atoms with Gasteiger partial charge in [0.15, 0.2) is 0 Å². The van der Waals surface area contributed by atoms with Crippen LogP contribution in [0, 0.1) is 0 Å². The van der Waals surface area contributed by atoms with E-state index in [9.17, 15) is 19.5 Å². The Hall–Kier alpha value is -2.13. The number of hydrogen-bond acceptors (Lipinski definition) is 6. The summed E-state index contributed by atoms with van der Waals surface area (Å²) in [4.78, 5) is 22.9. The molecule has 110 valence electrons. The molecule has 0 aromatic carbocycles. The maximum absolute atomic E-state index is 11.6. The maximum Gasteiger partial charge on any atom is 0.362 e. The van der Waals surface area contributed by atoms with Crippen molar-refractivity contribution in [2.75, 3.05) is 0 Å². The third-order valence-electron chi connectivity index (χ3n) is 3.16. The van der Waals surface area contributed by atoms with Crippen molar-refractivity contribution in [1.82, 2.24) is 30.0 Å². The average molecular weight is 310 g/mol. The number of nitrogens with one attached hydrogen (secondary N) is 1. The number of hydrogen-bond donors (Lipinski definition) is 4. The zero-order chi connectivity index (χ0) is 15.3. The van der Waals surface area contributed by atoms with Gasteiger partial charge in [0.1, 0.15) is 11.3 Å². The summed E-state index contributed by atoms with van der Waals surface area (Å²) in [5.74, 6) is 0.191. The first kappa shape index (κ1) is 13.8. The molecular formula is C10H11N6O4P. The lowest BCUT2D eigenvalue weighted by Crippen LogP contribution is -2.24. The van der Waals surface area contributed by atoms with Crippen LogP contribution in [0.1, 0.15) is 12.6 Å². The number of tetrazole rings is 1. The SMILES string of the molecule is CC(O)(c1cccc2ncc(-c3nn[nH]n3)n12)P(=O)(O)O. The molecule has 4 N–H and O–H groups in total. The van der Waals surface area contributed by atoms with Crippen molar-refractivity contribution in [3.63, 3.8) is 0 Å².